The fourth-order valence-electron chi connectivity index (χ4n) is 1.92. The molecule has 0 saturated carbocycles. The summed E-state index contributed by atoms with van der Waals surface area (Å²) in [7, 11) is 3.21. The standard InChI is InChI=1S/C17H14BrNO2/c1-20-16-7-8-17(21-2)13(10-16)9-14(11-19)12-3-5-15(18)6-4-12/h3-10H,1-2H3/b14-9-. The molecule has 0 saturated heterocycles. The lowest BCUT2D eigenvalue weighted by molar-refractivity contribution is 0.402. The quantitative estimate of drug-likeness (QED) is 0.604. The zero-order chi connectivity index (χ0) is 15.2. The van der Waals surface area contributed by atoms with Crippen molar-refractivity contribution < 1.29 is 9.47 Å². The summed E-state index contributed by atoms with van der Waals surface area (Å²) < 4.78 is 11.5. The maximum Gasteiger partial charge on any atom is 0.126 e. The van der Waals surface area contributed by atoms with Crippen LogP contribution in [0.15, 0.2) is 46.9 Å². The Hall–Kier alpha value is -2.25. The van der Waals surface area contributed by atoms with Gasteiger partial charge >= 0.3 is 0 Å². The lowest BCUT2D eigenvalue weighted by atomic mass is 10.0. The molecule has 0 bridgehead atoms. The van der Waals surface area contributed by atoms with Gasteiger partial charge in [-0.3, -0.25) is 0 Å². The Bertz CT molecular complexity index is 700. The molecule has 0 N–H and O–H groups in total. The first-order valence-electron chi connectivity index (χ1n) is 6.27. The van der Waals surface area contributed by atoms with Crippen LogP contribution in [0.1, 0.15) is 11.1 Å². The zero-order valence-corrected chi connectivity index (χ0v) is 13.3. The van der Waals surface area contributed by atoms with Crippen molar-refractivity contribution in [2.75, 3.05) is 14.2 Å². The number of rotatable bonds is 4. The Balaban J connectivity index is 2.49. The molecule has 0 spiro atoms. The van der Waals surface area contributed by atoms with E-state index in [4.69, 9.17) is 9.47 Å². The number of nitriles is 1. The maximum absolute atomic E-state index is 9.40. The van der Waals surface area contributed by atoms with Gasteiger partial charge < -0.3 is 9.47 Å². The first-order valence-corrected chi connectivity index (χ1v) is 7.07. The summed E-state index contributed by atoms with van der Waals surface area (Å²) in [5, 5.41) is 9.40. The van der Waals surface area contributed by atoms with Crippen LogP contribution in [-0.4, -0.2) is 14.2 Å². The Kier molecular flexibility index (Phi) is 5.02. The van der Waals surface area contributed by atoms with Crippen LogP contribution in [0.3, 0.4) is 0 Å². The third-order valence-electron chi connectivity index (χ3n) is 3.01. The molecule has 4 heteroatoms. The summed E-state index contributed by atoms with van der Waals surface area (Å²) in [6, 6.07) is 15.3. The zero-order valence-electron chi connectivity index (χ0n) is 11.8. The highest BCUT2D eigenvalue weighted by Gasteiger charge is 2.06. The predicted octanol–water partition coefficient (Wildman–Crippen LogP) is 4.53. The molecule has 106 valence electrons. The molecule has 21 heavy (non-hydrogen) atoms. The van der Waals surface area contributed by atoms with E-state index < -0.39 is 0 Å². The van der Waals surface area contributed by atoms with Crippen molar-refractivity contribution in [3.05, 3.63) is 58.1 Å². The second-order valence-electron chi connectivity index (χ2n) is 4.28. The first-order chi connectivity index (χ1) is 10.2. The van der Waals surface area contributed by atoms with Crippen LogP contribution >= 0.6 is 15.9 Å². The van der Waals surface area contributed by atoms with Crippen LogP contribution in [0, 0.1) is 11.3 Å². The van der Waals surface area contributed by atoms with Crippen LogP contribution in [0.25, 0.3) is 11.6 Å². The van der Waals surface area contributed by atoms with E-state index in [1.165, 1.54) is 0 Å². The normalized spacial score (nSPS) is 10.9. The number of ether oxygens (including phenoxy) is 2. The number of allylic oxidation sites excluding steroid dienone is 1. The molecule has 0 radical (unpaired) electrons. The van der Waals surface area contributed by atoms with Gasteiger partial charge in [0.05, 0.1) is 25.9 Å². The number of hydrogen-bond acceptors (Lipinski definition) is 3. The molecule has 2 aromatic carbocycles. The second-order valence-corrected chi connectivity index (χ2v) is 5.20. The summed E-state index contributed by atoms with van der Waals surface area (Å²) in [5.74, 6) is 1.41. The van der Waals surface area contributed by atoms with E-state index in [2.05, 4.69) is 22.0 Å². The number of nitrogens with zero attached hydrogens (tertiary/aromatic N) is 1. The molecule has 2 rings (SSSR count). The van der Waals surface area contributed by atoms with Gasteiger partial charge in [-0.2, -0.15) is 5.26 Å². The number of hydrogen-bond donors (Lipinski definition) is 0. The van der Waals surface area contributed by atoms with Crippen LogP contribution in [0.4, 0.5) is 0 Å². The summed E-state index contributed by atoms with van der Waals surface area (Å²) in [6.07, 6.45) is 1.80. The van der Waals surface area contributed by atoms with Gasteiger partial charge in [-0.25, -0.2) is 0 Å². The van der Waals surface area contributed by atoms with E-state index in [0.29, 0.717) is 11.3 Å². The molecular formula is C17H14BrNO2. The third kappa shape index (κ3) is 3.65. The van der Waals surface area contributed by atoms with Crippen molar-refractivity contribution in [1.29, 1.82) is 5.26 Å². The van der Waals surface area contributed by atoms with Crippen LogP contribution in [-0.2, 0) is 0 Å². The van der Waals surface area contributed by atoms with E-state index in [1.807, 2.05) is 42.5 Å². The molecule has 0 unspecified atom stereocenters. The Morgan fingerprint density at radius 3 is 2.38 bits per heavy atom. The molecular weight excluding hydrogens is 330 g/mol. The topological polar surface area (TPSA) is 42.2 Å². The van der Waals surface area contributed by atoms with Gasteiger partial charge in [0.25, 0.3) is 0 Å². The van der Waals surface area contributed by atoms with Crippen molar-refractivity contribution >= 4 is 27.6 Å². The van der Waals surface area contributed by atoms with Gasteiger partial charge in [0.15, 0.2) is 0 Å². The lowest BCUT2D eigenvalue weighted by Gasteiger charge is -2.08. The van der Waals surface area contributed by atoms with Crippen LogP contribution in [0.2, 0.25) is 0 Å². The van der Waals surface area contributed by atoms with Crippen molar-refractivity contribution in [2.24, 2.45) is 0 Å². The molecule has 0 amide bonds. The fraction of sp³-hybridized carbons (Fsp3) is 0.118. The highest BCUT2D eigenvalue weighted by molar-refractivity contribution is 9.10. The number of halogens is 1. The summed E-state index contributed by atoms with van der Waals surface area (Å²) >= 11 is 3.39. The molecule has 3 nitrogen and oxygen atoms in total. The monoisotopic (exact) mass is 343 g/mol. The fourth-order valence-corrected chi connectivity index (χ4v) is 2.18. The number of methoxy groups -OCH3 is 2. The van der Waals surface area contributed by atoms with Gasteiger partial charge in [-0.1, -0.05) is 28.1 Å². The Morgan fingerprint density at radius 2 is 1.81 bits per heavy atom. The summed E-state index contributed by atoms with van der Waals surface area (Å²) in [5.41, 5.74) is 2.22. The van der Waals surface area contributed by atoms with Crippen molar-refractivity contribution in [3.8, 4) is 17.6 Å². The number of benzene rings is 2. The van der Waals surface area contributed by atoms with Crippen molar-refractivity contribution in [2.45, 2.75) is 0 Å². The minimum absolute atomic E-state index is 0.564. The largest absolute Gasteiger partial charge is 0.497 e. The van der Waals surface area contributed by atoms with E-state index in [1.54, 1.807) is 20.3 Å². The van der Waals surface area contributed by atoms with Gasteiger partial charge in [0.1, 0.15) is 11.5 Å². The van der Waals surface area contributed by atoms with Gasteiger partial charge in [0.2, 0.25) is 0 Å². The first kappa shape index (κ1) is 15.1. The summed E-state index contributed by atoms with van der Waals surface area (Å²) in [6.45, 7) is 0. The van der Waals surface area contributed by atoms with Crippen LogP contribution in [0.5, 0.6) is 11.5 Å². The molecule has 0 aromatic heterocycles. The average Bonchev–Trinajstić information content (AvgIpc) is 2.53. The van der Waals surface area contributed by atoms with Crippen LogP contribution < -0.4 is 9.47 Å². The van der Waals surface area contributed by atoms with Crippen molar-refractivity contribution in [3.63, 3.8) is 0 Å². The minimum Gasteiger partial charge on any atom is -0.497 e. The van der Waals surface area contributed by atoms with E-state index in [-0.39, 0.29) is 0 Å². The van der Waals surface area contributed by atoms with E-state index >= 15 is 0 Å². The predicted molar refractivity (Wildman–Crippen MR) is 87.2 cm³/mol. The molecule has 2 aromatic rings. The Labute approximate surface area is 132 Å². The Morgan fingerprint density at radius 1 is 1.10 bits per heavy atom. The smallest absolute Gasteiger partial charge is 0.126 e. The van der Waals surface area contributed by atoms with Gasteiger partial charge in [-0.05, 0) is 42.0 Å². The van der Waals surface area contributed by atoms with E-state index in [0.717, 1.165) is 21.3 Å². The van der Waals surface area contributed by atoms with E-state index in [9.17, 15) is 5.26 Å². The third-order valence-corrected chi connectivity index (χ3v) is 3.54. The molecule has 0 heterocycles. The second kappa shape index (κ2) is 6.96. The van der Waals surface area contributed by atoms with Crippen molar-refractivity contribution in [1.82, 2.24) is 0 Å². The lowest BCUT2D eigenvalue weighted by Crippen LogP contribution is -1.90. The highest BCUT2D eigenvalue weighted by Crippen LogP contribution is 2.28. The van der Waals surface area contributed by atoms with Gasteiger partial charge in [0, 0.05) is 10.0 Å². The molecule has 0 atom stereocenters. The summed E-state index contributed by atoms with van der Waals surface area (Å²) in [4.78, 5) is 0. The maximum atomic E-state index is 9.40. The molecule has 0 aliphatic carbocycles. The molecule has 0 fully saturated rings. The molecule has 0 aliphatic rings. The minimum atomic E-state index is 0.564. The van der Waals surface area contributed by atoms with Gasteiger partial charge in [-0.15, -0.1) is 0 Å². The SMILES string of the molecule is COc1ccc(OC)c(/C=C(/C#N)c2ccc(Br)cc2)c1. The average molecular weight is 344 g/mol. The molecule has 0 aliphatic heterocycles. The highest BCUT2D eigenvalue weighted by atomic mass is 79.9.